The summed E-state index contributed by atoms with van der Waals surface area (Å²) in [7, 11) is 1.22. The first kappa shape index (κ1) is 14.7. The number of nitriles is 1. The highest BCUT2D eigenvalue weighted by Gasteiger charge is 2.21. The smallest absolute Gasteiger partial charge is 0.328 e. The van der Waals surface area contributed by atoms with Crippen LogP contribution >= 0.6 is 0 Å². The van der Waals surface area contributed by atoms with Gasteiger partial charge < -0.3 is 15.2 Å². The number of amides is 1. The third-order valence-corrected chi connectivity index (χ3v) is 2.49. The van der Waals surface area contributed by atoms with Crippen LogP contribution in [0, 0.1) is 11.3 Å². The molecular weight excluding hydrogens is 248 g/mol. The van der Waals surface area contributed by atoms with Gasteiger partial charge in [0, 0.05) is 6.42 Å². The van der Waals surface area contributed by atoms with Gasteiger partial charge in [-0.1, -0.05) is 12.1 Å². The lowest BCUT2D eigenvalue weighted by molar-refractivity contribution is -0.145. The van der Waals surface area contributed by atoms with E-state index < -0.39 is 24.5 Å². The predicted octanol–water partition coefficient (Wildman–Crippen LogP) is -0.249. The number of hydrogen-bond acceptors (Lipinski definition) is 5. The van der Waals surface area contributed by atoms with Crippen LogP contribution in [0.2, 0.25) is 0 Å². The normalized spacial score (nSPS) is 11.2. The van der Waals surface area contributed by atoms with Gasteiger partial charge in [0.1, 0.15) is 12.6 Å². The number of nitrogens with one attached hydrogen (secondary N) is 1. The van der Waals surface area contributed by atoms with E-state index in [9.17, 15) is 9.59 Å². The monoisotopic (exact) mass is 262 g/mol. The zero-order valence-electron chi connectivity index (χ0n) is 10.4. The number of rotatable bonds is 5. The summed E-state index contributed by atoms with van der Waals surface area (Å²) >= 11 is 0. The van der Waals surface area contributed by atoms with Crippen LogP contribution in [0.1, 0.15) is 11.1 Å². The number of benzene rings is 1. The molecule has 0 radical (unpaired) electrons. The predicted molar refractivity (Wildman–Crippen MR) is 65.9 cm³/mol. The summed E-state index contributed by atoms with van der Waals surface area (Å²) in [6.07, 6.45) is 0.226. The van der Waals surface area contributed by atoms with Crippen LogP contribution in [0.4, 0.5) is 0 Å². The molecule has 1 aromatic rings. The van der Waals surface area contributed by atoms with Crippen molar-refractivity contribution >= 4 is 11.9 Å². The molecule has 0 fully saturated rings. The van der Waals surface area contributed by atoms with Crippen LogP contribution < -0.4 is 5.32 Å². The molecule has 0 aliphatic rings. The van der Waals surface area contributed by atoms with Gasteiger partial charge in [0.25, 0.3) is 0 Å². The first-order valence-corrected chi connectivity index (χ1v) is 5.57. The molecule has 0 aliphatic carbocycles. The summed E-state index contributed by atoms with van der Waals surface area (Å²) in [6, 6.07) is 7.76. The number of carbonyl (C=O) groups is 2. The topological polar surface area (TPSA) is 99.4 Å². The summed E-state index contributed by atoms with van der Waals surface area (Å²) in [5, 5.41) is 19.7. The number of aliphatic hydroxyl groups excluding tert-OH is 1. The lowest BCUT2D eigenvalue weighted by atomic mass is 10.0. The van der Waals surface area contributed by atoms with Crippen molar-refractivity contribution in [1.29, 1.82) is 5.26 Å². The number of aliphatic hydroxyl groups is 1. The van der Waals surface area contributed by atoms with E-state index >= 15 is 0 Å². The highest BCUT2D eigenvalue weighted by Crippen LogP contribution is 2.07. The van der Waals surface area contributed by atoms with Crippen LogP contribution in [-0.2, 0) is 20.7 Å². The van der Waals surface area contributed by atoms with Gasteiger partial charge in [0.15, 0.2) is 0 Å². The number of methoxy groups -OCH3 is 1. The maximum atomic E-state index is 11.5. The molecule has 6 heteroatoms. The van der Waals surface area contributed by atoms with E-state index in [0.717, 1.165) is 5.56 Å². The quantitative estimate of drug-likeness (QED) is 0.713. The maximum Gasteiger partial charge on any atom is 0.328 e. The molecule has 0 saturated carbocycles. The summed E-state index contributed by atoms with van der Waals surface area (Å²) in [5.74, 6) is -1.24. The van der Waals surface area contributed by atoms with E-state index in [4.69, 9.17) is 10.4 Å². The van der Waals surface area contributed by atoms with Crippen molar-refractivity contribution in [3.63, 3.8) is 0 Å². The Morgan fingerprint density at radius 1 is 1.42 bits per heavy atom. The first-order valence-electron chi connectivity index (χ1n) is 5.57. The SMILES string of the molecule is COC(=O)[C@@H](Cc1ccc(C#N)cc1)NC(=O)CO. The summed E-state index contributed by atoms with van der Waals surface area (Å²) in [4.78, 5) is 22.6. The Morgan fingerprint density at radius 2 is 2.05 bits per heavy atom. The molecule has 0 saturated heterocycles. The Labute approximate surface area is 110 Å². The summed E-state index contributed by atoms with van der Waals surface area (Å²) < 4.78 is 4.59. The second-order valence-electron chi connectivity index (χ2n) is 3.81. The van der Waals surface area contributed by atoms with E-state index in [-0.39, 0.29) is 6.42 Å². The van der Waals surface area contributed by atoms with Gasteiger partial charge in [-0.05, 0) is 17.7 Å². The minimum absolute atomic E-state index is 0.226. The van der Waals surface area contributed by atoms with E-state index in [1.165, 1.54) is 7.11 Å². The molecule has 0 aliphatic heterocycles. The molecule has 0 aromatic heterocycles. The van der Waals surface area contributed by atoms with Gasteiger partial charge in [0.05, 0.1) is 18.7 Å². The molecule has 1 aromatic carbocycles. The van der Waals surface area contributed by atoms with Crippen molar-refractivity contribution in [2.45, 2.75) is 12.5 Å². The minimum atomic E-state index is -0.863. The van der Waals surface area contributed by atoms with E-state index in [0.29, 0.717) is 5.56 Å². The molecule has 2 N–H and O–H groups in total. The fourth-order valence-electron chi connectivity index (χ4n) is 1.53. The van der Waals surface area contributed by atoms with Crippen molar-refractivity contribution in [2.24, 2.45) is 0 Å². The molecule has 0 spiro atoms. The average Bonchev–Trinajstić information content (AvgIpc) is 2.46. The Bertz CT molecular complexity index is 490. The maximum absolute atomic E-state index is 11.5. The molecule has 1 atom stereocenters. The van der Waals surface area contributed by atoms with Crippen molar-refractivity contribution < 1.29 is 19.4 Å². The first-order chi connectivity index (χ1) is 9.10. The van der Waals surface area contributed by atoms with Crippen LogP contribution in [0.15, 0.2) is 24.3 Å². The zero-order valence-corrected chi connectivity index (χ0v) is 10.4. The summed E-state index contributed by atoms with van der Waals surface area (Å²) in [6.45, 7) is -0.694. The lowest BCUT2D eigenvalue weighted by Crippen LogP contribution is -2.44. The van der Waals surface area contributed by atoms with Crippen LogP contribution in [0.5, 0.6) is 0 Å². The second-order valence-corrected chi connectivity index (χ2v) is 3.81. The standard InChI is InChI=1S/C13H14N2O4/c1-19-13(18)11(15-12(17)8-16)6-9-2-4-10(7-14)5-3-9/h2-5,11,16H,6,8H2,1H3,(H,15,17)/t11-/m1/s1. The van der Waals surface area contributed by atoms with Crippen molar-refractivity contribution in [1.82, 2.24) is 5.32 Å². The van der Waals surface area contributed by atoms with Gasteiger partial charge in [-0.25, -0.2) is 4.79 Å². The van der Waals surface area contributed by atoms with Gasteiger partial charge in [0.2, 0.25) is 5.91 Å². The fourth-order valence-corrected chi connectivity index (χ4v) is 1.53. The van der Waals surface area contributed by atoms with Gasteiger partial charge in [-0.2, -0.15) is 5.26 Å². The van der Waals surface area contributed by atoms with Crippen LogP contribution in [0.25, 0.3) is 0 Å². The Hall–Kier alpha value is -2.39. The lowest BCUT2D eigenvalue weighted by Gasteiger charge is -2.15. The highest BCUT2D eigenvalue weighted by atomic mass is 16.5. The van der Waals surface area contributed by atoms with Crippen LogP contribution in [-0.4, -0.2) is 36.7 Å². The van der Waals surface area contributed by atoms with Crippen molar-refractivity contribution in [3.05, 3.63) is 35.4 Å². The van der Waals surface area contributed by atoms with E-state index in [2.05, 4.69) is 10.1 Å². The number of hydrogen-bond donors (Lipinski definition) is 2. The number of carbonyl (C=O) groups excluding carboxylic acids is 2. The largest absolute Gasteiger partial charge is 0.467 e. The van der Waals surface area contributed by atoms with Gasteiger partial charge in [-0.3, -0.25) is 4.79 Å². The molecule has 0 heterocycles. The third kappa shape index (κ3) is 4.41. The van der Waals surface area contributed by atoms with Crippen molar-refractivity contribution in [2.75, 3.05) is 13.7 Å². The molecule has 0 bridgehead atoms. The van der Waals surface area contributed by atoms with Crippen LogP contribution in [0.3, 0.4) is 0 Å². The molecule has 0 unspecified atom stereocenters. The molecule has 6 nitrogen and oxygen atoms in total. The Balaban J connectivity index is 2.78. The Morgan fingerprint density at radius 3 is 2.53 bits per heavy atom. The number of nitrogens with zero attached hydrogens (tertiary/aromatic N) is 1. The van der Waals surface area contributed by atoms with Crippen molar-refractivity contribution in [3.8, 4) is 6.07 Å². The molecule has 1 amide bonds. The molecular formula is C13H14N2O4. The third-order valence-electron chi connectivity index (χ3n) is 2.49. The Kier molecular flexibility index (Phi) is 5.51. The molecule has 100 valence electrons. The van der Waals surface area contributed by atoms with E-state index in [1.807, 2.05) is 6.07 Å². The van der Waals surface area contributed by atoms with E-state index in [1.54, 1.807) is 24.3 Å². The number of esters is 1. The molecule has 19 heavy (non-hydrogen) atoms. The van der Waals surface area contributed by atoms with Gasteiger partial charge in [-0.15, -0.1) is 0 Å². The highest BCUT2D eigenvalue weighted by molar-refractivity contribution is 5.85. The fraction of sp³-hybridized carbons (Fsp3) is 0.308. The number of ether oxygens (including phenoxy) is 1. The zero-order chi connectivity index (χ0) is 14.3. The molecule has 1 rings (SSSR count). The second kappa shape index (κ2) is 7.13. The van der Waals surface area contributed by atoms with Gasteiger partial charge >= 0.3 is 5.97 Å². The minimum Gasteiger partial charge on any atom is -0.467 e. The average molecular weight is 262 g/mol. The summed E-state index contributed by atoms with van der Waals surface area (Å²) in [5.41, 5.74) is 1.28.